The molecule has 0 fully saturated rings. The van der Waals surface area contributed by atoms with E-state index in [1.165, 1.54) is 16.5 Å². The van der Waals surface area contributed by atoms with Crippen LogP contribution in [0.15, 0.2) is 78.9 Å². The Hall–Kier alpha value is -3.03. The van der Waals surface area contributed by atoms with Crippen molar-refractivity contribution >= 4 is 46.8 Å². The third kappa shape index (κ3) is 3.63. The third-order valence-corrected chi connectivity index (χ3v) is 4.58. The van der Waals surface area contributed by atoms with E-state index in [2.05, 4.69) is 77.8 Å². The lowest BCUT2D eigenvalue weighted by Crippen LogP contribution is -1.77. The third-order valence-electron chi connectivity index (χ3n) is 4.33. The van der Waals surface area contributed by atoms with Gasteiger partial charge in [0, 0.05) is 27.2 Å². The average Bonchev–Trinajstić information content (AvgIpc) is 3.04. The average molecular weight is 356 g/mol. The first kappa shape index (κ1) is 16.4. The van der Waals surface area contributed by atoms with Crippen LogP contribution < -0.4 is 0 Å². The van der Waals surface area contributed by atoms with E-state index in [4.69, 9.17) is 11.6 Å². The molecule has 4 rings (SSSR count). The number of fused-ring (bicyclic) bond motifs is 1. The molecule has 1 aromatic heterocycles. The zero-order valence-corrected chi connectivity index (χ0v) is 14.9. The number of H-pyrrole nitrogens is 1. The summed E-state index contributed by atoms with van der Waals surface area (Å²) in [7, 11) is 0. The standard InChI is InChI=1S/C24H18ClN/c25-20-14-10-19(11-15-20)13-17-24-22(16-12-18-6-2-1-3-7-18)21-8-4-5-9-23(21)26-24/h1-17,26H/b16-12+,17-13+. The van der Waals surface area contributed by atoms with Gasteiger partial charge in [0.2, 0.25) is 0 Å². The van der Waals surface area contributed by atoms with Gasteiger partial charge in [-0.05, 0) is 35.4 Å². The highest BCUT2D eigenvalue weighted by atomic mass is 35.5. The van der Waals surface area contributed by atoms with Crippen molar-refractivity contribution in [1.29, 1.82) is 0 Å². The summed E-state index contributed by atoms with van der Waals surface area (Å²) in [5.74, 6) is 0. The number of benzene rings is 3. The predicted molar refractivity (Wildman–Crippen MR) is 114 cm³/mol. The Balaban J connectivity index is 1.74. The van der Waals surface area contributed by atoms with Crippen molar-refractivity contribution in [3.63, 3.8) is 0 Å². The van der Waals surface area contributed by atoms with E-state index in [0.29, 0.717) is 0 Å². The molecule has 0 aliphatic rings. The maximum atomic E-state index is 5.97. The van der Waals surface area contributed by atoms with Gasteiger partial charge in [-0.25, -0.2) is 0 Å². The number of hydrogen-bond donors (Lipinski definition) is 1. The summed E-state index contributed by atoms with van der Waals surface area (Å²) in [5, 5.41) is 1.97. The first-order valence-electron chi connectivity index (χ1n) is 8.57. The molecule has 126 valence electrons. The van der Waals surface area contributed by atoms with Crippen molar-refractivity contribution in [1.82, 2.24) is 4.98 Å². The number of aromatic amines is 1. The number of aromatic nitrogens is 1. The normalized spacial score (nSPS) is 11.7. The van der Waals surface area contributed by atoms with Crippen molar-refractivity contribution in [2.24, 2.45) is 0 Å². The fourth-order valence-corrected chi connectivity index (χ4v) is 3.12. The molecule has 0 unspecified atom stereocenters. The molecule has 1 N–H and O–H groups in total. The molecule has 0 saturated heterocycles. The first-order valence-corrected chi connectivity index (χ1v) is 8.95. The van der Waals surface area contributed by atoms with Crippen LogP contribution in [0.1, 0.15) is 22.4 Å². The largest absolute Gasteiger partial charge is 0.355 e. The van der Waals surface area contributed by atoms with Crippen LogP contribution in [0.5, 0.6) is 0 Å². The van der Waals surface area contributed by atoms with Gasteiger partial charge in [-0.3, -0.25) is 0 Å². The SMILES string of the molecule is Clc1ccc(/C=C/c2[nH]c3ccccc3c2/C=C/c2ccccc2)cc1. The molecule has 0 spiro atoms. The van der Waals surface area contributed by atoms with Gasteiger partial charge in [0.25, 0.3) is 0 Å². The molecule has 4 aromatic rings. The zero-order chi connectivity index (χ0) is 17.8. The number of hydrogen-bond acceptors (Lipinski definition) is 0. The first-order chi connectivity index (χ1) is 12.8. The van der Waals surface area contributed by atoms with Crippen LogP contribution in [-0.2, 0) is 0 Å². The Morgan fingerprint density at radius 2 is 1.27 bits per heavy atom. The fourth-order valence-electron chi connectivity index (χ4n) is 2.99. The van der Waals surface area contributed by atoms with E-state index >= 15 is 0 Å². The minimum Gasteiger partial charge on any atom is -0.355 e. The van der Waals surface area contributed by atoms with Crippen LogP contribution in [0.4, 0.5) is 0 Å². The van der Waals surface area contributed by atoms with Crippen LogP contribution in [0, 0.1) is 0 Å². The molecule has 0 radical (unpaired) electrons. The van der Waals surface area contributed by atoms with E-state index in [1.807, 2.05) is 30.3 Å². The van der Waals surface area contributed by atoms with Crippen molar-refractivity contribution in [3.05, 3.63) is 106 Å². The molecule has 1 heterocycles. The molecule has 0 amide bonds. The lowest BCUT2D eigenvalue weighted by Gasteiger charge is -1.97. The summed E-state index contributed by atoms with van der Waals surface area (Å²) in [5.41, 5.74) is 5.72. The van der Waals surface area contributed by atoms with Crippen LogP contribution in [0.3, 0.4) is 0 Å². The fraction of sp³-hybridized carbons (Fsp3) is 0. The van der Waals surface area contributed by atoms with Crippen LogP contribution in [0.25, 0.3) is 35.2 Å². The van der Waals surface area contributed by atoms with Gasteiger partial charge in [-0.2, -0.15) is 0 Å². The minimum atomic E-state index is 0.749. The number of halogens is 1. The monoisotopic (exact) mass is 355 g/mol. The van der Waals surface area contributed by atoms with Crippen LogP contribution in [0.2, 0.25) is 5.02 Å². The maximum absolute atomic E-state index is 5.97. The molecule has 2 heteroatoms. The molecule has 0 aliphatic carbocycles. The zero-order valence-electron chi connectivity index (χ0n) is 14.2. The van der Waals surface area contributed by atoms with Gasteiger partial charge in [-0.1, -0.05) is 90.5 Å². The lowest BCUT2D eigenvalue weighted by atomic mass is 10.1. The molecule has 0 atom stereocenters. The summed E-state index contributed by atoms with van der Waals surface area (Å²) in [6.45, 7) is 0. The quantitative estimate of drug-likeness (QED) is 0.399. The molecular formula is C24H18ClN. The topological polar surface area (TPSA) is 15.8 Å². The summed E-state index contributed by atoms with van der Waals surface area (Å²) in [4.78, 5) is 3.52. The Morgan fingerprint density at radius 1 is 0.615 bits per heavy atom. The van der Waals surface area contributed by atoms with E-state index in [-0.39, 0.29) is 0 Å². The summed E-state index contributed by atoms with van der Waals surface area (Å²) in [6.07, 6.45) is 8.54. The molecular weight excluding hydrogens is 338 g/mol. The van der Waals surface area contributed by atoms with Crippen molar-refractivity contribution in [3.8, 4) is 0 Å². The van der Waals surface area contributed by atoms with Crippen molar-refractivity contribution < 1.29 is 0 Å². The second-order valence-electron chi connectivity index (χ2n) is 6.13. The van der Waals surface area contributed by atoms with Gasteiger partial charge in [0.15, 0.2) is 0 Å². The molecule has 1 nitrogen and oxygen atoms in total. The second kappa shape index (κ2) is 7.47. The predicted octanol–water partition coefficient (Wildman–Crippen LogP) is 7.16. The molecule has 0 saturated carbocycles. The highest BCUT2D eigenvalue weighted by molar-refractivity contribution is 6.30. The van der Waals surface area contributed by atoms with E-state index < -0.39 is 0 Å². The van der Waals surface area contributed by atoms with Crippen LogP contribution >= 0.6 is 11.6 Å². The molecule has 3 aromatic carbocycles. The van der Waals surface area contributed by atoms with Crippen molar-refractivity contribution in [2.75, 3.05) is 0 Å². The Labute approximate surface area is 158 Å². The van der Waals surface area contributed by atoms with Gasteiger partial charge < -0.3 is 4.98 Å². The summed E-state index contributed by atoms with van der Waals surface area (Å²) in [6, 6.07) is 26.6. The number of rotatable bonds is 4. The Kier molecular flexibility index (Phi) is 4.72. The van der Waals surface area contributed by atoms with Gasteiger partial charge >= 0.3 is 0 Å². The Bertz CT molecular complexity index is 1070. The minimum absolute atomic E-state index is 0.749. The second-order valence-corrected chi connectivity index (χ2v) is 6.56. The maximum Gasteiger partial charge on any atom is 0.0465 e. The lowest BCUT2D eigenvalue weighted by molar-refractivity contribution is 1.42. The molecule has 0 bridgehead atoms. The summed E-state index contributed by atoms with van der Waals surface area (Å²) < 4.78 is 0. The smallest absolute Gasteiger partial charge is 0.0465 e. The highest BCUT2D eigenvalue weighted by Gasteiger charge is 2.06. The number of para-hydroxylation sites is 1. The van der Waals surface area contributed by atoms with Crippen molar-refractivity contribution in [2.45, 2.75) is 0 Å². The van der Waals surface area contributed by atoms with Gasteiger partial charge in [-0.15, -0.1) is 0 Å². The molecule has 0 aliphatic heterocycles. The van der Waals surface area contributed by atoms with Gasteiger partial charge in [0.1, 0.15) is 0 Å². The Morgan fingerprint density at radius 3 is 2.08 bits per heavy atom. The number of nitrogens with one attached hydrogen (secondary N) is 1. The summed E-state index contributed by atoms with van der Waals surface area (Å²) >= 11 is 5.97. The van der Waals surface area contributed by atoms with Gasteiger partial charge in [0.05, 0.1) is 0 Å². The van der Waals surface area contributed by atoms with E-state index in [9.17, 15) is 0 Å². The molecule has 26 heavy (non-hydrogen) atoms. The van der Waals surface area contributed by atoms with E-state index in [0.717, 1.165) is 21.8 Å². The highest BCUT2D eigenvalue weighted by Crippen LogP contribution is 2.26. The van der Waals surface area contributed by atoms with Crippen LogP contribution in [-0.4, -0.2) is 4.98 Å². The van der Waals surface area contributed by atoms with E-state index in [1.54, 1.807) is 0 Å².